The van der Waals surface area contributed by atoms with Crippen molar-refractivity contribution in [1.82, 2.24) is 19.9 Å². The molecule has 1 aliphatic heterocycles. The Labute approximate surface area is 171 Å². The van der Waals surface area contributed by atoms with Gasteiger partial charge in [-0.1, -0.05) is 0 Å². The summed E-state index contributed by atoms with van der Waals surface area (Å²) in [7, 11) is 0. The van der Waals surface area contributed by atoms with E-state index in [4.69, 9.17) is 4.74 Å². The number of fused-ring (bicyclic) bond motifs is 2. The molecule has 1 aromatic carbocycles. The Kier molecular flexibility index (Phi) is 4.55. The van der Waals surface area contributed by atoms with Crippen LogP contribution in [0, 0.1) is 0 Å². The summed E-state index contributed by atoms with van der Waals surface area (Å²) in [5.74, 6) is 1.79. The van der Waals surface area contributed by atoms with Crippen LogP contribution in [0.1, 0.15) is 17.4 Å². The molecular weight excluding hydrogens is 386 g/mol. The van der Waals surface area contributed by atoms with E-state index in [0.717, 1.165) is 45.8 Å². The standard InChI is InChI=1S/C21H21N5O2S/c1-2-28-15-4-3-14-11-18(24-17(14)12-15)21(27)26-8-6-25(7-9-26)19-16-5-10-29-20(16)23-13-22-19/h3-5,10-13,24H,2,6-9H2,1H3. The Hall–Kier alpha value is -3.13. The van der Waals surface area contributed by atoms with E-state index in [1.165, 1.54) is 0 Å². The van der Waals surface area contributed by atoms with E-state index in [9.17, 15) is 4.79 Å². The zero-order chi connectivity index (χ0) is 19.8. The average molecular weight is 407 g/mol. The molecule has 0 atom stereocenters. The highest BCUT2D eigenvalue weighted by atomic mass is 32.1. The molecule has 0 radical (unpaired) electrons. The molecule has 4 aromatic rings. The van der Waals surface area contributed by atoms with E-state index in [1.54, 1.807) is 17.7 Å². The van der Waals surface area contributed by atoms with Gasteiger partial charge in [-0.25, -0.2) is 9.97 Å². The third-order valence-electron chi connectivity index (χ3n) is 5.24. The number of rotatable bonds is 4. The molecule has 1 aliphatic rings. The van der Waals surface area contributed by atoms with Crippen LogP contribution < -0.4 is 9.64 Å². The Morgan fingerprint density at radius 2 is 2.03 bits per heavy atom. The highest BCUT2D eigenvalue weighted by Crippen LogP contribution is 2.28. The maximum atomic E-state index is 13.0. The van der Waals surface area contributed by atoms with Gasteiger partial charge < -0.3 is 19.5 Å². The number of aromatic amines is 1. The summed E-state index contributed by atoms with van der Waals surface area (Å²) in [5.41, 5.74) is 1.53. The number of carbonyl (C=O) groups is 1. The zero-order valence-electron chi connectivity index (χ0n) is 16.1. The monoisotopic (exact) mass is 407 g/mol. The lowest BCUT2D eigenvalue weighted by Gasteiger charge is -2.35. The first kappa shape index (κ1) is 17.9. The molecule has 3 aromatic heterocycles. The Balaban J connectivity index is 1.31. The predicted octanol–water partition coefficient (Wildman–Crippen LogP) is 3.53. The van der Waals surface area contributed by atoms with Crippen LogP contribution in [0.2, 0.25) is 0 Å². The van der Waals surface area contributed by atoms with Crippen molar-refractivity contribution in [2.24, 2.45) is 0 Å². The van der Waals surface area contributed by atoms with Gasteiger partial charge in [0.15, 0.2) is 0 Å². The molecule has 8 heteroatoms. The van der Waals surface area contributed by atoms with E-state index >= 15 is 0 Å². The van der Waals surface area contributed by atoms with Crippen LogP contribution >= 0.6 is 11.3 Å². The van der Waals surface area contributed by atoms with Crippen LogP contribution in [-0.2, 0) is 0 Å². The first-order chi connectivity index (χ1) is 14.2. The minimum absolute atomic E-state index is 0.0298. The van der Waals surface area contributed by atoms with Crippen LogP contribution in [0.3, 0.4) is 0 Å². The minimum atomic E-state index is 0.0298. The fraction of sp³-hybridized carbons (Fsp3) is 0.286. The summed E-state index contributed by atoms with van der Waals surface area (Å²) in [6.07, 6.45) is 1.62. The maximum Gasteiger partial charge on any atom is 0.270 e. The molecule has 1 N–H and O–H groups in total. The lowest BCUT2D eigenvalue weighted by atomic mass is 10.2. The van der Waals surface area contributed by atoms with Crippen molar-refractivity contribution in [3.8, 4) is 5.75 Å². The fourth-order valence-corrected chi connectivity index (χ4v) is 4.53. The topological polar surface area (TPSA) is 74.3 Å². The highest BCUT2D eigenvalue weighted by molar-refractivity contribution is 7.16. The number of hydrogen-bond donors (Lipinski definition) is 1. The highest BCUT2D eigenvalue weighted by Gasteiger charge is 2.25. The van der Waals surface area contributed by atoms with Crippen LogP contribution in [0.25, 0.3) is 21.1 Å². The summed E-state index contributed by atoms with van der Waals surface area (Å²) in [4.78, 5) is 30.2. The quantitative estimate of drug-likeness (QED) is 0.560. The molecule has 29 heavy (non-hydrogen) atoms. The van der Waals surface area contributed by atoms with Gasteiger partial charge in [0.1, 0.15) is 28.4 Å². The molecule has 0 unspecified atom stereocenters. The molecule has 148 valence electrons. The molecule has 0 saturated carbocycles. The fourth-order valence-electron chi connectivity index (χ4n) is 3.80. The number of H-pyrrole nitrogens is 1. The van der Waals surface area contributed by atoms with E-state index in [2.05, 4.69) is 25.9 Å². The lowest BCUT2D eigenvalue weighted by Crippen LogP contribution is -2.49. The number of aromatic nitrogens is 3. The third-order valence-corrected chi connectivity index (χ3v) is 6.06. The first-order valence-electron chi connectivity index (χ1n) is 9.71. The molecule has 4 heterocycles. The van der Waals surface area contributed by atoms with Gasteiger partial charge in [-0.3, -0.25) is 4.79 Å². The van der Waals surface area contributed by atoms with Gasteiger partial charge in [0, 0.05) is 43.1 Å². The SMILES string of the molecule is CCOc1ccc2cc(C(=O)N3CCN(c4ncnc5sccc45)CC3)[nH]c2c1. The summed E-state index contributed by atoms with van der Waals surface area (Å²) < 4.78 is 5.55. The number of carbonyl (C=O) groups excluding carboxylic acids is 1. The van der Waals surface area contributed by atoms with Crippen molar-refractivity contribution in [1.29, 1.82) is 0 Å². The molecule has 1 fully saturated rings. The van der Waals surface area contributed by atoms with Crippen LogP contribution in [0.15, 0.2) is 42.0 Å². The normalized spacial score (nSPS) is 14.7. The molecule has 0 bridgehead atoms. The van der Waals surface area contributed by atoms with Gasteiger partial charge in [-0.2, -0.15) is 0 Å². The summed E-state index contributed by atoms with van der Waals surface area (Å²) in [6.45, 7) is 5.40. The van der Waals surface area contributed by atoms with Gasteiger partial charge >= 0.3 is 0 Å². The largest absolute Gasteiger partial charge is 0.494 e. The second-order valence-electron chi connectivity index (χ2n) is 6.98. The Morgan fingerprint density at radius 1 is 1.17 bits per heavy atom. The third kappa shape index (κ3) is 3.29. The summed E-state index contributed by atoms with van der Waals surface area (Å²) in [6, 6.07) is 9.83. The zero-order valence-corrected chi connectivity index (χ0v) is 16.9. The Morgan fingerprint density at radius 3 is 2.86 bits per heavy atom. The van der Waals surface area contributed by atoms with E-state index < -0.39 is 0 Å². The second-order valence-corrected chi connectivity index (χ2v) is 7.88. The van der Waals surface area contributed by atoms with Crippen LogP contribution in [0.4, 0.5) is 5.82 Å². The molecule has 0 spiro atoms. The molecule has 0 aliphatic carbocycles. The molecule has 1 amide bonds. The van der Waals surface area contributed by atoms with E-state index in [-0.39, 0.29) is 5.91 Å². The first-order valence-corrected chi connectivity index (χ1v) is 10.6. The lowest BCUT2D eigenvalue weighted by molar-refractivity contribution is 0.0741. The Bertz CT molecular complexity index is 1180. The van der Waals surface area contributed by atoms with Gasteiger partial charge in [-0.05, 0) is 36.6 Å². The van der Waals surface area contributed by atoms with E-state index in [1.807, 2.05) is 41.5 Å². The van der Waals surface area contributed by atoms with Crippen molar-refractivity contribution in [2.45, 2.75) is 6.92 Å². The van der Waals surface area contributed by atoms with Crippen molar-refractivity contribution >= 4 is 44.2 Å². The number of piperazine rings is 1. The van der Waals surface area contributed by atoms with Gasteiger partial charge in [0.25, 0.3) is 5.91 Å². The minimum Gasteiger partial charge on any atom is -0.494 e. The molecular formula is C21H21N5O2S. The van der Waals surface area contributed by atoms with Crippen molar-refractivity contribution in [3.05, 3.63) is 47.7 Å². The number of nitrogens with zero attached hydrogens (tertiary/aromatic N) is 4. The van der Waals surface area contributed by atoms with Gasteiger partial charge in [0.05, 0.1) is 12.0 Å². The molecule has 1 saturated heterocycles. The number of ether oxygens (including phenoxy) is 1. The van der Waals surface area contributed by atoms with Gasteiger partial charge in [0.2, 0.25) is 0 Å². The summed E-state index contributed by atoms with van der Waals surface area (Å²) >= 11 is 1.62. The predicted molar refractivity (Wildman–Crippen MR) is 115 cm³/mol. The smallest absolute Gasteiger partial charge is 0.270 e. The number of hydrogen-bond acceptors (Lipinski definition) is 6. The molecule has 7 nitrogen and oxygen atoms in total. The molecule has 5 rings (SSSR count). The maximum absolute atomic E-state index is 13.0. The van der Waals surface area contributed by atoms with Crippen molar-refractivity contribution in [2.75, 3.05) is 37.7 Å². The number of thiophene rings is 1. The number of benzene rings is 1. The van der Waals surface area contributed by atoms with Crippen molar-refractivity contribution < 1.29 is 9.53 Å². The van der Waals surface area contributed by atoms with Crippen molar-refractivity contribution in [3.63, 3.8) is 0 Å². The average Bonchev–Trinajstić information content (AvgIpc) is 3.40. The van der Waals surface area contributed by atoms with E-state index in [0.29, 0.717) is 25.4 Å². The number of nitrogens with one attached hydrogen (secondary N) is 1. The number of amides is 1. The summed E-state index contributed by atoms with van der Waals surface area (Å²) in [5, 5.41) is 4.13. The van der Waals surface area contributed by atoms with Gasteiger partial charge in [-0.15, -0.1) is 11.3 Å². The second kappa shape index (κ2) is 7.36. The van der Waals surface area contributed by atoms with Crippen LogP contribution in [0.5, 0.6) is 5.75 Å². The number of anilines is 1. The van der Waals surface area contributed by atoms with Crippen LogP contribution in [-0.4, -0.2) is 58.5 Å².